The molecule has 3 unspecified atom stereocenters. The number of carbonyl (C=O) groups is 4. The van der Waals surface area contributed by atoms with Crippen molar-refractivity contribution < 1.29 is 80.2 Å². The second kappa shape index (κ2) is 67.9. The Balaban J connectivity index is 5.23. The Morgan fingerprint density at radius 2 is 0.537 bits per heavy atom. The molecule has 17 nitrogen and oxygen atoms in total. The lowest BCUT2D eigenvalue weighted by atomic mass is 9.99. The molecule has 0 saturated carbocycles. The molecule has 0 bridgehead atoms. The van der Waals surface area contributed by atoms with Crippen molar-refractivity contribution in [2.75, 3.05) is 39.6 Å². The van der Waals surface area contributed by atoms with Gasteiger partial charge >= 0.3 is 39.5 Å². The van der Waals surface area contributed by atoms with Gasteiger partial charge in [-0.3, -0.25) is 37.3 Å². The normalized spacial score (nSPS) is 14.3. The van der Waals surface area contributed by atoms with Gasteiger partial charge in [0, 0.05) is 25.7 Å². The maximum atomic E-state index is 13.1. The fourth-order valence-corrected chi connectivity index (χ4v) is 13.2. The first kappa shape index (κ1) is 93.1. The number of aliphatic hydroxyl groups excluding tert-OH is 1. The highest BCUT2D eigenvalue weighted by molar-refractivity contribution is 7.47. The number of ether oxygens (including phenoxy) is 4. The van der Waals surface area contributed by atoms with Crippen LogP contribution in [0.5, 0.6) is 0 Å². The molecule has 0 fully saturated rings. The second-order valence-electron chi connectivity index (χ2n) is 28.1. The maximum Gasteiger partial charge on any atom is 0.472 e. The van der Waals surface area contributed by atoms with Crippen LogP contribution >= 0.6 is 15.6 Å². The van der Waals surface area contributed by atoms with Crippen LogP contribution in [0.25, 0.3) is 0 Å². The van der Waals surface area contributed by atoms with Gasteiger partial charge in [-0.2, -0.15) is 0 Å². The third-order valence-corrected chi connectivity index (χ3v) is 20.0. The van der Waals surface area contributed by atoms with E-state index < -0.39 is 97.5 Å². The van der Waals surface area contributed by atoms with Gasteiger partial charge in [0.05, 0.1) is 26.4 Å². The van der Waals surface area contributed by atoms with E-state index in [0.717, 1.165) is 102 Å². The molecule has 0 heterocycles. The first-order valence-corrected chi connectivity index (χ1v) is 42.5. The number of rotatable bonds is 75. The van der Waals surface area contributed by atoms with Crippen LogP contribution in [0.3, 0.4) is 0 Å². The van der Waals surface area contributed by atoms with Gasteiger partial charge in [-0.05, 0) is 37.5 Å². The maximum absolute atomic E-state index is 13.1. The zero-order valence-electron chi connectivity index (χ0n) is 62.0. The van der Waals surface area contributed by atoms with E-state index in [2.05, 4.69) is 41.5 Å². The minimum atomic E-state index is -4.96. The highest BCUT2D eigenvalue weighted by Gasteiger charge is 2.30. The molecule has 3 N–H and O–H groups in total. The molecule has 0 aliphatic carbocycles. The van der Waals surface area contributed by atoms with Crippen LogP contribution in [-0.4, -0.2) is 96.7 Å². The summed E-state index contributed by atoms with van der Waals surface area (Å²) < 4.78 is 68.5. The van der Waals surface area contributed by atoms with Crippen molar-refractivity contribution in [2.45, 2.75) is 413 Å². The standard InChI is InChI=1S/C76H148O17P2/c1-7-10-12-14-16-18-19-29-36-42-48-54-60-75(80)92-71(64-86-73(78)58-52-46-40-32-17-15-13-11-8-2)66-90-94(82,83)88-62-70(77)63-89-95(84,85)91-67-72(65-87-74(79)59-53-47-41-35-30-26-22-23-27-33-38-44-50-56-68(4)5)93-76(81)61-55-49-43-37-31-25-21-20-24-28-34-39-45-51-57-69(6)9-3/h68-72,77H,7-67H2,1-6H3,(H,82,83)(H,84,85)/t69?,70-,71+,72+/m0/s1. The number of aliphatic hydroxyl groups is 1. The lowest BCUT2D eigenvalue weighted by Crippen LogP contribution is -2.30. The predicted molar refractivity (Wildman–Crippen MR) is 386 cm³/mol. The zero-order chi connectivity index (χ0) is 70.0. The molecular weight excluding hydrogens is 1250 g/mol. The largest absolute Gasteiger partial charge is 0.472 e. The molecular formula is C76H148O17P2. The van der Waals surface area contributed by atoms with E-state index in [1.807, 2.05) is 0 Å². The average molecular weight is 1400 g/mol. The van der Waals surface area contributed by atoms with Gasteiger partial charge in [0.25, 0.3) is 0 Å². The molecule has 0 spiro atoms. The third-order valence-electron chi connectivity index (χ3n) is 18.1. The lowest BCUT2D eigenvalue weighted by molar-refractivity contribution is -0.161. The van der Waals surface area contributed by atoms with E-state index in [1.165, 1.54) is 212 Å². The lowest BCUT2D eigenvalue weighted by Gasteiger charge is -2.21. The van der Waals surface area contributed by atoms with Crippen LogP contribution < -0.4 is 0 Å². The van der Waals surface area contributed by atoms with E-state index in [-0.39, 0.29) is 25.7 Å². The highest BCUT2D eigenvalue weighted by atomic mass is 31.2. The number of carbonyl (C=O) groups excluding carboxylic acids is 4. The van der Waals surface area contributed by atoms with Crippen LogP contribution in [-0.2, 0) is 65.4 Å². The summed E-state index contributed by atoms with van der Waals surface area (Å²) in [6.45, 7) is 9.66. The van der Waals surface area contributed by atoms with Crippen molar-refractivity contribution in [1.82, 2.24) is 0 Å². The zero-order valence-corrected chi connectivity index (χ0v) is 63.8. The molecule has 0 amide bonds. The second-order valence-corrected chi connectivity index (χ2v) is 31.0. The van der Waals surface area contributed by atoms with Crippen LogP contribution in [0.1, 0.15) is 395 Å². The van der Waals surface area contributed by atoms with E-state index >= 15 is 0 Å². The first-order valence-electron chi connectivity index (χ1n) is 39.5. The predicted octanol–water partition coefficient (Wildman–Crippen LogP) is 22.3. The molecule has 0 radical (unpaired) electrons. The number of esters is 4. The Morgan fingerprint density at radius 3 is 0.800 bits per heavy atom. The summed E-state index contributed by atoms with van der Waals surface area (Å²) in [6, 6.07) is 0. The first-order chi connectivity index (χ1) is 45.9. The Kier molecular flexibility index (Phi) is 66.5. The fourth-order valence-electron chi connectivity index (χ4n) is 11.6. The summed E-state index contributed by atoms with van der Waals surface area (Å²) in [6.07, 6.45) is 55.3. The van der Waals surface area contributed by atoms with Crippen molar-refractivity contribution in [2.24, 2.45) is 11.8 Å². The van der Waals surface area contributed by atoms with Crippen molar-refractivity contribution in [1.29, 1.82) is 0 Å². The molecule has 0 aromatic rings. The number of unbranched alkanes of at least 4 members (excludes halogenated alkanes) is 44. The molecule has 95 heavy (non-hydrogen) atoms. The molecule has 0 aliphatic heterocycles. The SMILES string of the molecule is CCCCCCCCCCCCCCC(=O)O[C@H](COC(=O)CCCCCCCCCCC)COP(=O)(O)OC[C@H](O)COP(=O)(O)OC[C@@H](COC(=O)CCCCCCCCCCCCCCCC(C)C)OC(=O)CCCCCCCCCCCCCCCCC(C)CC. The summed E-state index contributed by atoms with van der Waals surface area (Å²) >= 11 is 0. The van der Waals surface area contributed by atoms with E-state index in [9.17, 15) is 43.2 Å². The van der Waals surface area contributed by atoms with Gasteiger partial charge in [0.2, 0.25) is 0 Å². The van der Waals surface area contributed by atoms with Crippen molar-refractivity contribution in [3.63, 3.8) is 0 Å². The summed E-state index contributed by atoms with van der Waals surface area (Å²) in [5.74, 6) is -0.478. The van der Waals surface area contributed by atoms with E-state index in [0.29, 0.717) is 25.7 Å². The monoisotopic (exact) mass is 1400 g/mol. The summed E-state index contributed by atoms with van der Waals surface area (Å²) in [5.41, 5.74) is 0. The van der Waals surface area contributed by atoms with Crippen LogP contribution in [0.2, 0.25) is 0 Å². The molecule has 564 valence electrons. The van der Waals surface area contributed by atoms with Gasteiger partial charge in [-0.1, -0.05) is 343 Å². The molecule has 19 heteroatoms. The molecule has 0 rings (SSSR count). The number of phosphoric acid groups is 2. The van der Waals surface area contributed by atoms with E-state index in [4.69, 9.17) is 37.0 Å². The Bertz CT molecular complexity index is 1840. The Hall–Kier alpha value is -1.94. The summed E-state index contributed by atoms with van der Waals surface area (Å²) in [4.78, 5) is 72.8. The van der Waals surface area contributed by atoms with Gasteiger partial charge in [-0.25, -0.2) is 9.13 Å². The van der Waals surface area contributed by atoms with Gasteiger partial charge in [0.15, 0.2) is 12.2 Å². The third kappa shape index (κ3) is 69.0. The topological polar surface area (TPSA) is 237 Å². The van der Waals surface area contributed by atoms with Gasteiger partial charge < -0.3 is 33.8 Å². The van der Waals surface area contributed by atoms with Gasteiger partial charge in [0.1, 0.15) is 19.3 Å². The van der Waals surface area contributed by atoms with Crippen LogP contribution in [0.4, 0.5) is 0 Å². The Morgan fingerprint density at radius 1 is 0.305 bits per heavy atom. The van der Waals surface area contributed by atoms with Gasteiger partial charge in [-0.15, -0.1) is 0 Å². The number of phosphoric ester groups is 2. The number of hydrogen-bond acceptors (Lipinski definition) is 15. The molecule has 0 aliphatic rings. The minimum Gasteiger partial charge on any atom is -0.462 e. The van der Waals surface area contributed by atoms with E-state index in [1.54, 1.807) is 0 Å². The quantitative estimate of drug-likeness (QED) is 0.0222. The molecule has 0 aromatic heterocycles. The van der Waals surface area contributed by atoms with Crippen LogP contribution in [0, 0.1) is 11.8 Å². The van der Waals surface area contributed by atoms with Crippen molar-refractivity contribution in [3.05, 3.63) is 0 Å². The molecule has 0 saturated heterocycles. The minimum absolute atomic E-state index is 0.107. The molecule has 0 aromatic carbocycles. The summed E-state index contributed by atoms with van der Waals surface area (Å²) in [5, 5.41) is 10.6. The van der Waals surface area contributed by atoms with Crippen LogP contribution in [0.15, 0.2) is 0 Å². The average Bonchev–Trinajstić information content (AvgIpc) is 1.69. The Labute approximate surface area is 581 Å². The fraction of sp³-hybridized carbons (Fsp3) is 0.947. The molecule has 6 atom stereocenters. The smallest absolute Gasteiger partial charge is 0.462 e. The number of hydrogen-bond donors (Lipinski definition) is 3. The van der Waals surface area contributed by atoms with Crippen molar-refractivity contribution >= 4 is 39.5 Å². The van der Waals surface area contributed by atoms with Crippen molar-refractivity contribution in [3.8, 4) is 0 Å². The summed E-state index contributed by atoms with van der Waals surface area (Å²) in [7, 11) is -9.91. The highest BCUT2D eigenvalue weighted by Crippen LogP contribution is 2.45.